The van der Waals surface area contributed by atoms with Gasteiger partial charge in [0.1, 0.15) is 5.82 Å². The number of anilines is 1. The van der Waals surface area contributed by atoms with E-state index in [0.717, 1.165) is 31.8 Å². The van der Waals surface area contributed by atoms with Crippen LogP contribution in [0.5, 0.6) is 0 Å². The molecule has 0 aliphatic carbocycles. The lowest BCUT2D eigenvalue weighted by molar-refractivity contribution is 0.430. The third-order valence-corrected chi connectivity index (χ3v) is 3.80. The van der Waals surface area contributed by atoms with Crippen molar-refractivity contribution in [3.05, 3.63) is 16.2 Å². The number of hydrogen-bond acceptors (Lipinski definition) is 5. The first-order valence-electron chi connectivity index (χ1n) is 6.11. The Morgan fingerprint density at radius 2 is 2.22 bits per heavy atom. The lowest BCUT2D eigenvalue weighted by atomic mass is 9.83. The third kappa shape index (κ3) is 1.51. The Kier molecular flexibility index (Phi) is 2.37. The van der Waals surface area contributed by atoms with Crippen molar-refractivity contribution in [1.29, 1.82) is 0 Å². The van der Waals surface area contributed by atoms with Crippen LogP contribution in [0.1, 0.15) is 25.6 Å². The molecular formula is C11H16N6O. The molecule has 3 rings (SSSR count). The van der Waals surface area contributed by atoms with Gasteiger partial charge in [-0.15, -0.1) is 0 Å². The molecule has 1 fully saturated rings. The molecule has 7 heteroatoms. The number of nitrogens with one attached hydrogen (secondary N) is 3. The van der Waals surface area contributed by atoms with Crippen LogP contribution < -0.4 is 16.6 Å². The van der Waals surface area contributed by atoms with Crippen LogP contribution in [0.3, 0.4) is 0 Å². The monoisotopic (exact) mass is 248 g/mol. The van der Waals surface area contributed by atoms with Crippen molar-refractivity contribution in [2.24, 2.45) is 0 Å². The number of nitrogens with two attached hydrogens (primary N) is 1. The number of rotatable bonds is 2. The van der Waals surface area contributed by atoms with Gasteiger partial charge in [0.2, 0.25) is 5.95 Å². The molecule has 7 nitrogen and oxygen atoms in total. The Morgan fingerprint density at radius 1 is 1.39 bits per heavy atom. The second-order valence-electron chi connectivity index (χ2n) is 4.80. The number of nitrogen functional groups attached to an aromatic ring is 1. The average molecular weight is 248 g/mol. The molecule has 3 heterocycles. The van der Waals surface area contributed by atoms with E-state index in [9.17, 15) is 4.79 Å². The van der Waals surface area contributed by atoms with E-state index < -0.39 is 0 Å². The summed E-state index contributed by atoms with van der Waals surface area (Å²) in [6.45, 7) is 3.97. The van der Waals surface area contributed by atoms with Gasteiger partial charge in [-0.05, 0) is 19.4 Å². The van der Waals surface area contributed by atoms with Gasteiger partial charge in [-0.1, -0.05) is 6.92 Å². The zero-order chi connectivity index (χ0) is 12.8. The fourth-order valence-corrected chi connectivity index (χ4v) is 2.59. The van der Waals surface area contributed by atoms with Gasteiger partial charge < -0.3 is 16.0 Å². The van der Waals surface area contributed by atoms with E-state index in [4.69, 9.17) is 5.73 Å². The fraction of sp³-hybridized carbons (Fsp3) is 0.545. The lowest BCUT2D eigenvalue weighted by Gasteiger charge is -2.23. The highest BCUT2D eigenvalue weighted by molar-refractivity contribution is 5.70. The smallest absolute Gasteiger partial charge is 0.278 e. The minimum Gasteiger partial charge on any atom is -0.369 e. The van der Waals surface area contributed by atoms with Crippen molar-refractivity contribution in [3.8, 4) is 0 Å². The van der Waals surface area contributed by atoms with E-state index in [1.807, 2.05) is 0 Å². The van der Waals surface area contributed by atoms with Crippen molar-refractivity contribution in [3.63, 3.8) is 0 Å². The molecular weight excluding hydrogens is 232 g/mol. The maximum Gasteiger partial charge on any atom is 0.278 e. The van der Waals surface area contributed by atoms with Crippen LogP contribution >= 0.6 is 0 Å². The van der Waals surface area contributed by atoms with E-state index in [1.165, 1.54) is 0 Å². The van der Waals surface area contributed by atoms with Crippen LogP contribution in [-0.2, 0) is 5.41 Å². The van der Waals surface area contributed by atoms with Crippen molar-refractivity contribution >= 4 is 17.1 Å². The van der Waals surface area contributed by atoms with Gasteiger partial charge in [0.05, 0.1) is 0 Å². The van der Waals surface area contributed by atoms with Crippen LogP contribution in [0.2, 0.25) is 0 Å². The molecule has 0 radical (unpaired) electrons. The molecule has 0 aromatic carbocycles. The van der Waals surface area contributed by atoms with Crippen LogP contribution in [0.4, 0.5) is 5.95 Å². The largest absolute Gasteiger partial charge is 0.369 e. The average Bonchev–Trinajstić information content (AvgIpc) is 2.94. The summed E-state index contributed by atoms with van der Waals surface area (Å²) in [5.41, 5.74) is 6.02. The van der Waals surface area contributed by atoms with Crippen molar-refractivity contribution in [2.75, 3.05) is 18.8 Å². The van der Waals surface area contributed by atoms with Gasteiger partial charge in [-0.25, -0.2) is 4.98 Å². The van der Waals surface area contributed by atoms with Crippen molar-refractivity contribution < 1.29 is 0 Å². The first-order chi connectivity index (χ1) is 8.64. The maximum absolute atomic E-state index is 11.8. The van der Waals surface area contributed by atoms with E-state index >= 15 is 0 Å². The van der Waals surface area contributed by atoms with Gasteiger partial charge in [0.25, 0.3) is 5.56 Å². The van der Waals surface area contributed by atoms with Gasteiger partial charge in [0, 0.05) is 12.0 Å². The van der Waals surface area contributed by atoms with Gasteiger partial charge in [-0.3, -0.25) is 9.78 Å². The zero-order valence-electron chi connectivity index (χ0n) is 10.2. The van der Waals surface area contributed by atoms with Gasteiger partial charge in [-0.2, -0.15) is 4.98 Å². The summed E-state index contributed by atoms with van der Waals surface area (Å²) < 4.78 is 0. The molecule has 2 aromatic heterocycles. The Morgan fingerprint density at radius 3 is 2.89 bits per heavy atom. The summed E-state index contributed by atoms with van der Waals surface area (Å²) in [6.07, 6.45) is 1.98. The molecule has 1 saturated heterocycles. The summed E-state index contributed by atoms with van der Waals surface area (Å²) in [7, 11) is 0. The second kappa shape index (κ2) is 3.81. The minimum absolute atomic E-state index is 0.0259. The number of hydrogen-bond donors (Lipinski definition) is 4. The number of aromatic nitrogens is 4. The molecule has 18 heavy (non-hydrogen) atoms. The van der Waals surface area contributed by atoms with E-state index in [2.05, 4.69) is 32.2 Å². The highest BCUT2D eigenvalue weighted by Crippen LogP contribution is 2.32. The normalized spacial score (nSPS) is 23.8. The molecule has 0 spiro atoms. The van der Waals surface area contributed by atoms with Crippen LogP contribution in [0.25, 0.3) is 11.2 Å². The molecule has 1 aliphatic rings. The topological polar surface area (TPSA) is 112 Å². The molecule has 0 bridgehead atoms. The summed E-state index contributed by atoms with van der Waals surface area (Å²) in [6, 6.07) is 0. The van der Waals surface area contributed by atoms with E-state index in [1.54, 1.807) is 0 Å². The van der Waals surface area contributed by atoms with Gasteiger partial charge in [0.15, 0.2) is 11.2 Å². The standard InChI is InChI=1S/C11H16N6O/c1-2-11(3-4-13-5-11)9-14-6-7(15-9)16-10(12)17-8(6)18/h13H,2-5H2,1H3,(H4,12,14,15,16,17,18). The van der Waals surface area contributed by atoms with Crippen LogP contribution in [0.15, 0.2) is 4.79 Å². The quantitative estimate of drug-likeness (QED) is 0.591. The minimum atomic E-state index is -0.270. The molecule has 1 unspecified atom stereocenters. The molecule has 5 N–H and O–H groups in total. The molecule has 2 aromatic rings. The highest BCUT2D eigenvalue weighted by Gasteiger charge is 2.37. The fourth-order valence-electron chi connectivity index (χ4n) is 2.59. The number of imidazole rings is 1. The second-order valence-corrected chi connectivity index (χ2v) is 4.80. The Balaban J connectivity index is 2.19. The summed E-state index contributed by atoms with van der Waals surface area (Å²) >= 11 is 0. The first-order valence-corrected chi connectivity index (χ1v) is 6.11. The molecule has 0 saturated carbocycles. The zero-order valence-corrected chi connectivity index (χ0v) is 10.2. The predicted octanol–water partition coefficient (Wildman–Crippen LogP) is -0.130. The molecule has 0 amide bonds. The van der Waals surface area contributed by atoms with Crippen molar-refractivity contribution in [2.45, 2.75) is 25.2 Å². The Labute approximate surface area is 103 Å². The summed E-state index contributed by atoms with van der Waals surface area (Å²) in [5.74, 6) is 0.925. The molecule has 1 atom stereocenters. The summed E-state index contributed by atoms with van der Waals surface area (Å²) in [5, 5.41) is 3.34. The highest BCUT2D eigenvalue weighted by atomic mass is 16.1. The summed E-state index contributed by atoms with van der Waals surface area (Å²) in [4.78, 5) is 25.8. The van der Waals surface area contributed by atoms with Crippen molar-refractivity contribution in [1.82, 2.24) is 25.3 Å². The number of nitrogens with zero attached hydrogens (tertiary/aromatic N) is 2. The predicted molar refractivity (Wildman–Crippen MR) is 68.4 cm³/mol. The SMILES string of the molecule is CCC1(c2nc3nc(N)[nH]c(=O)c3[nH]2)CCNC1. The van der Waals surface area contributed by atoms with Crippen LogP contribution in [-0.4, -0.2) is 33.0 Å². The molecule has 96 valence electrons. The number of H-pyrrole nitrogens is 2. The first kappa shape index (κ1) is 11.2. The maximum atomic E-state index is 11.8. The Hall–Kier alpha value is -1.89. The molecule has 1 aliphatic heterocycles. The number of aromatic amines is 2. The number of fused-ring (bicyclic) bond motifs is 1. The van der Waals surface area contributed by atoms with Gasteiger partial charge >= 0.3 is 0 Å². The lowest BCUT2D eigenvalue weighted by Crippen LogP contribution is -2.29. The van der Waals surface area contributed by atoms with Crippen LogP contribution in [0, 0.1) is 0 Å². The van der Waals surface area contributed by atoms with E-state index in [-0.39, 0.29) is 16.9 Å². The third-order valence-electron chi connectivity index (χ3n) is 3.80. The van der Waals surface area contributed by atoms with E-state index in [0.29, 0.717) is 11.2 Å². The Bertz CT molecular complexity index is 637.